The van der Waals surface area contributed by atoms with Crippen molar-refractivity contribution >= 4 is 54.6 Å². The Morgan fingerprint density at radius 3 is 0.741 bits per heavy atom. The van der Waals surface area contributed by atoms with Gasteiger partial charge < -0.3 is 22.6 Å². The van der Waals surface area contributed by atoms with Crippen LogP contribution in [0, 0.1) is 83.1 Å². The molecule has 0 atom stereocenters. The molecule has 0 aliphatic rings. The molecular weight excluding hydrogens is 828 g/mol. The Morgan fingerprint density at radius 2 is 0.556 bits per heavy atom. The molecule has 6 heteroatoms. The van der Waals surface area contributed by atoms with E-state index in [-0.39, 0.29) is 36.8 Å². The van der Waals surface area contributed by atoms with Crippen molar-refractivity contribution in [2.24, 2.45) is 0 Å². The smallest absolute Gasteiger partial charge is 1.00 e. The number of benzene rings is 6. The quantitative estimate of drug-likeness (QED) is 0.108. The maximum Gasteiger partial charge on any atom is 3.00 e. The number of aryl methyl sites for hydroxylation is 12. The molecule has 0 fully saturated rings. The molecule has 0 bridgehead atoms. The molecule has 0 aromatic heterocycles. The summed E-state index contributed by atoms with van der Waals surface area (Å²) in [5.74, 6) is 0. The van der Waals surface area contributed by atoms with E-state index in [0.29, 0.717) is 0 Å². The first-order chi connectivity index (χ1) is 24.6. The number of nitrogens with zero attached hydrogens (tertiary/aromatic N) is 2. The van der Waals surface area contributed by atoms with Gasteiger partial charge >= 0.3 is 24.4 Å². The van der Waals surface area contributed by atoms with Gasteiger partial charge in [-0.15, -0.1) is 22.6 Å². The van der Waals surface area contributed by atoms with Gasteiger partial charge in [0.2, 0.25) is 0 Å². The van der Waals surface area contributed by atoms with Crippen molar-refractivity contribution in [1.82, 2.24) is 0 Å². The predicted molar refractivity (Wildman–Crippen MR) is 236 cm³/mol. The summed E-state index contributed by atoms with van der Waals surface area (Å²) in [6, 6.07) is 31.2. The molecule has 54 heavy (non-hydrogen) atoms. The molecule has 6 rings (SSSR count). The number of rotatable bonds is 8. The summed E-state index contributed by atoms with van der Waals surface area (Å²) in [5.41, 5.74) is 25.7. The third-order valence-corrected chi connectivity index (χ3v) is 11.4. The molecule has 0 N–H and O–H groups in total. The summed E-state index contributed by atoms with van der Waals surface area (Å²) in [5, 5.41) is 10.9. The third kappa shape index (κ3) is 8.74. The van der Waals surface area contributed by atoms with Crippen LogP contribution in [0.4, 0.5) is 11.4 Å². The predicted octanol–water partition coefficient (Wildman–Crippen LogP) is 12.9. The van der Waals surface area contributed by atoms with E-state index in [0.717, 1.165) is 33.6 Å². The van der Waals surface area contributed by atoms with Crippen molar-refractivity contribution in [1.29, 1.82) is 0 Å². The maximum atomic E-state index is 7.54. The van der Waals surface area contributed by atoms with Crippen LogP contribution < -0.4 is 12.4 Å². The first-order valence-corrected chi connectivity index (χ1v) is 20.3. The van der Waals surface area contributed by atoms with Crippen LogP contribution >= 0.6 is 18.8 Å². The Kier molecular flexibility index (Phi) is 14.2. The van der Waals surface area contributed by atoms with Crippen LogP contribution in [0.25, 0.3) is 54.7 Å². The number of hydrogen-bond acceptors (Lipinski definition) is 0. The zero-order chi connectivity index (χ0) is 37.6. The molecule has 0 aliphatic heterocycles. The zero-order valence-corrected chi connectivity index (χ0v) is 38.6. The molecule has 0 heterocycles. The molecule has 0 spiro atoms. The second-order valence-corrected chi connectivity index (χ2v) is 16.7. The van der Waals surface area contributed by atoms with Gasteiger partial charge in [-0.2, -0.15) is 7.58 Å². The average Bonchev–Trinajstić information content (AvgIpc) is 3.01. The van der Waals surface area contributed by atoms with Gasteiger partial charge in [0.05, 0.1) is 0 Å². The Balaban J connectivity index is 0.00000325. The summed E-state index contributed by atoms with van der Waals surface area (Å²) in [6.45, 7) is 26.2. The van der Waals surface area contributed by atoms with Crippen LogP contribution in [0.15, 0.2) is 84.9 Å². The molecule has 0 aliphatic carbocycles. The van der Waals surface area contributed by atoms with Crippen LogP contribution in [-0.2, 0) is 0 Å². The molecule has 0 saturated heterocycles. The van der Waals surface area contributed by atoms with E-state index in [4.69, 9.17) is 21.4 Å². The number of halogens is 2. The summed E-state index contributed by atoms with van der Waals surface area (Å²) in [4.78, 5) is 0. The summed E-state index contributed by atoms with van der Waals surface area (Å²) in [6.07, 6.45) is 0. The van der Waals surface area contributed by atoms with Gasteiger partial charge in [-0.25, -0.2) is 0 Å². The minimum Gasteiger partial charge on any atom is -1.00 e. The Labute approximate surface area is 354 Å². The van der Waals surface area contributed by atoms with Gasteiger partial charge in [0.25, 0.3) is 0 Å². The Bertz CT molecular complexity index is 1960. The van der Waals surface area contributed by atoms with E-state index in [1.807, 2.05) is 0 Å². The van der Waals surface area contributed by atoms with E-state index >= 15 is 0 Å². The van der Waals surface area contributed by atoms with Crippen molar-refractivity contribution in [2.75, 3.05) is 0 Å². The van der Waals surface area contributed by atoms with E-state index in [1.54, 1.807) is 0 Å². The second kappa shape index (κ2) is 17.7. The van der Waals surface area contributed by atoms with Crippen LogP contribution in [0.1, 0.15) is 66.8 Å². The van der Waals surface area contributed by atoms with Crippen molar-refractivity contribution in [3.8, 4) is 44.5 Å². The maximum absolute atomic E-state index is 7.54. The monoisotopic (exact) mass is 876 g/mol. The fraction of sp³-hybridized carbons (Fsp3) is 0.250. The summed E-state index contributed by atoms with van der Waals surface area (Å²) in [7, 11) is -1.74. The molecule has 2 radical (unpaired) electrons. The molecule has 0 saturated carbocycles. The van der Waals surface area contributed by atoms with Gasteiger partial charge in [0, 0.05) is 0 Å². The fourth-order valence-electron chi connectivity index (χ4n) is 8.72. The molecule has 276 valence electrons. The second-order valence-electron chi connectivity index (χ2n) is 14.9. The molecule has 0 amide bonds. The van der Waals surface area contributed by atoms with Gasteiger partial charge in [0.1, 0.15) is 0 Å². The van der Waals surface area contributed by atoms with Gasteiger partial charge in [-0.05, 0) is 172 Å². The number of hydrogen-bond donors (Lipinski definition) is 0. The van der Waals surface area contributed by atoms with Gasteiger partial charge in [-0.1, -0.05) is 107 Å². The minimum atomic E-state index is -1.74. The van der Waals surface area contributed by atoms with Crippen molar-refractivity contribution < 1.29 is 12.4 Å². The summed E-state index contributed by atoms with van der Waals surface area (Å²) >= 11 is 7.54. The standard InChI is InChI=1S/C48H50ClN2P.ClH.Sb/c1-27-19-31(5)43(32(6)20-27)39-15-13-16-40(44-33(7)21-28(2)22-34(44)8)47(39)50-52(49)51-48-41(45-35(9)23-29(3)24-36(45)10)17-14-18-42(48)46-37(11)25-30(4)26-38(46)12;;/h13-26H,1-12H3;1H;/q-2;;+3/p-1. The van der Waals surface area contributed by atoms with Crippen LogP contribution in [-0.4, -0.2) is 24.4 Å². The van der Waals surface area contributed by atoms with E-state index in [2.05, 4.69) is 168 Å². The minimum absolute atomic E-state index is 0. The van der Waals surface area contributed by atoms with Crippen molar-refractivity contribution in [2.45, 2.75) is 83.1 Å². The first-order valence-electron chi connectivity index (χ1n) is 18.1. The molecule has 6 aromatic rings. The van der Waals surface area contributed by atoms with Crippen LogP contribution in [0.2, 0.25) is 0 Å². The fourth-order valence-corrected chi connectivity index (χ4v) is 9.98. The Morgan fingerprint density at radius 1 is 0.370 bits per heavy atom. The summed E-state index contributed by atoms with van der Waals surface area (Å²) < 4.78 is 0. The first kappa shape index (κ1) is 43.5. The van der Waals surface area contributed by atoms with Gasteiger partial charge in [-0.3, -0.25) is 0 Å². The van der Waals surface area contributed by atoms with Crippen LogP contribution in [0.3, 0.4) is 0 Å². The van der Waals surface area contributed by atoms with Gasteiger partial charge in [0.15, 0.2) is 0 Å². The average molecular weight is 879 g/mol. The van der Waals surface area contributed by atoms with E-state index in [9.17, 15) is 0 Å². The molecular formula is C48H50Cl2N2PSb. The normalized spacial score (nSPS) is 10.9. The van der Waals surface area contributed by atoms with Crippen molar-refractivity contribution in [3.63, 3.8) is 0 Å². The molecule has 6 aromatic carbocycles. The third-order valence-electron chi connectivity index (χ3n) is 10.2. The van der Waals surface area contributed by atoms with E-state index in [1.165, 1.54) is 89.0 Å². The van der Waals surface area contributed by atoms with E-state index < -0.39 is 7.58 Å². The SMILES string of the molecule is Cc1cc(C)c(-c2cccc(-c3c(C)cc(C)cc3C)c2[N-]P(Cl)[N-]c2c(-c3c(C)cc(C)cc3C)cccc2-c2c(C)cc(C)cc2C)c(C)c1.[Cl-].[Sb+3]. The Hall–Kier alpha value is -3.25. The largest absolute Gasteiger partial charge is 3.00 e. The molecule has 2 nitrogen and oxygen atoms in total. The molecule has 0 unspecified atom stereocenters. The zero-order valence-electron chi connectivity index (χ0n) is 33.6. The topological polar surface area (TPSA) is 28.2 Å². The van der Waals surface area contributed by atoms with Crippen molar-refractivity contribution in [3.05, 3.63) is 162 Å². The van der Waals surface area contributed by atoms with Crippen LogP contribution in [0.5, 0.6) is 0 Å².